The normalized spacial score (nSPS) is 52.2. The summed E-state index contributed by atoms with van der Waals surface area (Å²) in [6, 6.07) is 2.93. The fourth-order valence-corrected chi connectivity index (χ4v) is 9.32. The number of ether oxygens (including phenoxy) is 2. The molecule has 1 aromatic rings. The molecule has 0 amide bonds. The Balaban J connectivity index is 1.30. The van der Waals surface area contributed by atoms with Crippen molar-refractivity contribution in [3.63, 3.8) is 0 Å². The van der Waals surface area contributed by atoms with Crippen LogP contribution in [0.2, 0.25) is 0 Å². The molecule has 14 atom stereocenters. The Morgan fingerprint density at radius 3 is 2.40 bits per heavy atom. The smallest absolute Gasteiger partial charge is 0.335 e. The lowest BCUT2D eigenvalue weighted by atomic mass is 9.41. The van der Waals surface area contributed by atoms with Crippen molar-refractivity contribution < 1.29 is 54.7 Å². The number of aliphatic hydroxyl groups is 8. The van der Waals surface area contributed by atoms with E-state index < -0.39 is 95.1 Å². The summed E-state index contributed by atoms with van der Waals surface area (Å²) in [6.07, 6.45) is -5.43. The van der Waals surface area contributed by atoms with Crippen LogP contribution in [-0.2, 0) is 9.47 Å². The van der Waals surface area contributed by atoms with E-state index >= 15 is 0 Å². The minimum absolute atomic E-state index is 0.165. The average Bonchev–Trinajstić information content (AvgIpc) is 3.25. The number of fused-ring (bicyclic) bond motifs is 5. The lowest BCUT2D eigenvalue weighted by Crippen LogP contribution is -2.76. The molecule has 0 unspecified atom stereocenters. The molecule has 0 spiro atoms. The third-order valence-corrected chi connectivity index (χ3v) is 11.7. The minimum atomic E-state index is -1.75. The summed E-state index contributed by atoms with van der Waals surface area (Å²) in [5.74, 6) is -0.996. The highest BCUT2D eigenvalue weighted by atomic mass is 16.7. The van der Waals surface area contributed by atoms with Gasteiger partial charge in [0.1, 0.15) is 35.6 Å². The molecule has 8 N–H and O–H groups in total. The predicted molar refractivity (Wildman–Crippen MR) is 144 cm³/mol. The van der Waals surface area contributed by atoms with Crippen LogP contribution in [0.15, 0.2) is 39.3 Å². The Bertz CT molecular complexity index is 1260. The highest BCUT2D eigenvalue weighted by Gasteiger charge is 2.77. The predicted octanol–water partition coefficient (Wildman–Crippen LogP) is -0.957. The Morgan fingerprint density at radius 1 is 1.00 bits per heavy atom. The van der Waals surface area contributed by atoms with Crippen molar-refractivity contribution in [3.8, 4) is 0 Å². The van der Waals surface area contributed by atoms with Gasteiger partial charge < -0.3 is 54.7 Å². The van der Waals surface area contributed by atoms with E-state index in [-0.39, 0.29) is 19.3 Å². The maximum Gasteiger partial charge on any atom is 0.335 e. The van der Waals surface area contributed by atoms with Crippen LogP contribution in [0.1, 0.15) is 63.9 Å². The molecule has 234 valence electrons. The molecule has 12 heteroatoms. The lowest BCUT2D eigenvalue weighted by molar-refractivity contribution is -0.315. The van der Waals surface area contributed by atoms with Crippen LogP contribution in [0, 0.1) is 16.7 Å². The first-order valence-electron chi connectivity index (χ1n) is 14.8. The van der Waals surface area contributed by atoms with Gasteiger partial charge in [-0.3, -0.25) is 0 Å². The largest absolute Gasteiger partial charge is 0.431 e. The summed E-state index contributed by atoms with van der Waals surface area (Å²) in [4.78, 5) is 11.6. The maximum atomic E-state index is 12.5. The van der Waals surface area contributed by atoms with Crippen LogP contribution < -0.4 is 5.63 Å². The van der Waals surface area contributed by atoms with Crippen LogP contribution >= 0.6 is 0 Å². The SMILES string of the molecule is C[C@]12[C@H](O)C[C@@H]3[C@@]4(C)CC[C@H](O[C@@H]5O[C@H](CO)[C@@H](O)[C@H](O)[C@H]5O)C=C4[C@H](O)C[C@@]3(O)[C@@]1(O)CC[C@@H]2c1ccc(=O)oc1. The van der Waals surface area contributed by atoms with E-state index in [1.807, 2.05) is 6.92 Å². The molecule has 4 fully saturated rings. The van der Waals surface area contributed by atoms with Crippen LogP contribution in [0.25, 0.3) is 0 Å². The number of hydrogen-bond donors (Lipinski definition) is 8. The molecule has 5 aliphatic rings. The zero-order valence-corrected chi connectivity index (χ0v) is 23.7. The van der Waals surface area contributed by atoms with E-state index in [0.29, 0.717) is 30.4 Å². The standard InChI is InChI=1S/C30H42O12/c1-27-7-5-15(41-26-25(37)24(36)23(35)19(12-31)42-26)9-17(27)18(32)11-29(38)20(27)10-21(33)28(2)16(6-8-30(28,29)39)14-3-4-22(34)40-13-14/h3-4,9,13,15-16,18-21,23-26,31-33,35-39H,5-8,10-12H2,1-2H3/t15-,16+,18+,19+,20+,21+,23+,24-,25+,26+,27-,28-,29-,30+/m0/s1. The van der Waals surface area contributed by atoms with E-state index in [9.17, 15) is 45.6 Å². The van der Waals surface area contributed by atoms with Crippen LogP contribution in [0.3, 0.4) is 0 Å². The minimum Gasteiger partial charge on any atom is -0.431 e. The van der Waals surface area contributed by atoms with E-state index in [2.05, 4.69) is 0 Å². The summed E-state index contributed by atoms with van der Waals surface area (Å²) in [5.41, 5.74) is -4.73. The van der Waals surface area contributed by atoms with Gasteiger partial charge in [0.2, 0.25) is 0 Å². The number of aliphatic hydroxyl groups excluding tert-OH is 6. The van der Waals surface area contributed by atoms with Crippen LogP contribution in [0.5, 0.6) is 0 Å². The van der Waals surface area contributed by atoms with Crippen molar-refractivity contribution in [1.82, 2.24) is 0 Å². The van der Waals surface area contributed by atoms with Gasteiger partial charge in [-0.2, -0.15) is 0 Å². The lowest BCUT2D eigenvalue weighted by Gasteiger charge is -2.67. The van der Waals surface area contributed by atoms with Gasteiger partial charge in [0.15, 0.2) is 6.29 Å². The van der Waals surface area contributed by atoms with Crippen LogP contribution in [-0.4, -0.2) is 108 Å². The molecule has 12 nitrogen and oxygen atoms in total. The Morgan fingerprint density at radius 2 is 1.74 bits per heavy atom. The molecule has 42 heavy (non-hydrogen) atoms. The van der Waals surface area contributed by atoms with Crippen molar-refractivity contribution in [3.05, 3.63) is 46.0 Å². The van der Waals surface area contributed by atoms with Gasteiger partial charge in [0.05, 0.1) is 31.2 Å². The number of rotatable bonds is 4. The molecule has 1 aliphatic heterocycles. The zero-order valence-electron chi connectivity index (χ0n) is 23.7. The van der Waals surface area contributed by atoms with Crippen molar-refractivity contribution in [1.29, 1.82) is 0 Å². The van der Waals surface area contributed by atoms with Crippen molar-refractivity contribution in [2.45, 2.75) is 119 Å². The summed E-state index contributed by atoms with van der Waals surface area (Å²) in [6.45, 7) is 3.09. The van der Waals surface area contributed by atoms with Gasteiger partial charge >= 0.3 is 5.63 Å². The second-order valence-corrected chi connectivity index (χ2v) is 13.5. The van der Waals surface area contributed by atoms with Crippen LogP contribution in [0.4, 0.5) is 0 Å². The van der Waals surface area contributed by atoms with Crippen molar-refractivity contribution in [2.24, 2.45) is 16.7 Å². The molecule has 0 bridgehead atoms. The molecule has 4 aliphatic carbocycles. The molecule has 0 aromatic carbocycles. The van der Waals surface area contributed by atoms with Crippen molar-refractivity contribution in [2.75, 3.05) is 6.61 Å². The number of hydrogen-bond acceptors (Lipinski definition) is 12. The Hall–Kier alpha value is -1.71. The summed E-state index contributed by atoms with van der Waals surface area (Å²) in [7, 11) is 0. The summed E-state index contributed by atoms with van der Waals surface area (Å²) < 4.78 is 16.6. The molecule has 0 radical (unpaired) electrons. The third-order valence-electron chi connectivity index (χ3n) is 11.7. The van der Waals surface area contributed by atoms with Gasteiger partial charge in [0, 0.05) is 23.8 Å². The first kappa shape index (κ1) is 30.3. The first-order chi connectivity index (χ1) is 19.7. The fraction of sp³-hybridized carbons (Fsp3) is 0.767. The highest BCUT2D eigenvalue weighted by molar-refractivity contribution is 5.38. The quantitative estimate of drug-likeness (QED) is 0.198. The maximum absolute atomic E-state index is 12.5. The molecule has 1 saturated heterocycles. The van der Waals surface area contributed by atoms with E-state index in [0.717, 1.165) is 0 Å². The second kappa shape index (κ2) is 10.2. The Labute approximate surface area is 242 Å². The fourth-order valence-electron chi connectivity index (χ4n) is 9.32. The average molecular weight is 595 g/mol. The molecule has 2 heterocycles. The topological polar surface area (TPSA) is 211 Å². The van der Waals surface area contributed by atoms with Gasteiger partial charge in [-0.1, -0.05) is 19.9 Å². The summed E-state index contributed by atoms with van der Waals surface area (Å²) in [5, 5.41) is 88.3. The molecular weight excluding hydrogens is 552 g/mol. The molecule has 3 saturated carbocycles. The van der Waals surface area contributed by atoms with Gasteiger partial charge in [-0.05, 0) is 60.6 Å². The van der Waals surface area contributed by atoms with E-state index in [4.69, 9.17) is 13.9 Å². The molecular formula is C30H42O12. The van der Waals surface area contributed by atoms with E-state index in [1.54, 1.807) is 19.1 Å². The first-order valence-corrected chi connectivity index (χ1v) is 14.8. The molecule has 1 aromatic heterocycles. The Kier molecular flexibility index (Phi) is 7.34. The monoisotopic (exact) mass is 594 g/mol. The second-order valence-electron chi connectivity index (χ2n) is 13.5. The van der Waals surface area contributed by atoms with Gasteiger partial charge in [-0.25, -0.2) is 4.79 Å². The molecule has 6 rings (SSSR count). The third kappa shape index (κ3) is 4.01. The summed E-state index contributed by atoms with van der Waals surface area (Å²) >= 11 is 0. The zero-order chi connectivity index (χ0) is 30.4. The van der Waals surface area contributed by atoms with Gasteiger partial charge in [0.25, 0.3) is 0 Å². The van der Waals surface area contributed by atoms with Gasteiger partial charge in [-0.15, -0.1) is 0 Å². The highest BCUT2D eigenvalue weighted by Crippen LogP contribution is 2.71. The van der Waals surface area contributed by atoms with E-state index in [1.165, 1.54) is 12.3 Å². The van der Waals surface area contributed by atoms with Crippen molar-refractivity contribution >= 4 is 0 Å².